The highest BCUT2D eigenvalue weighted by Crippen LogP contribution is 2.15. The van der Waals surface area contributed by atoms with Crippen molar-refractivity contribution in [3.8, 4) is 0 Å². The second-order valence-electron chi connectivity index (χ2n) is 5.93. The van der Waals surface area contributed by atoms with Crippen molar-refractivity contribution in [2.24, 2.45) is 0 Å². The lowest BCUT2D eigenvalue weighted by atomic mass is 10.1. The predicted molar refractivity (Wildman–Crippen MR) is 98.9 cm³/mol. The van der Waals surface area contributed by atoms with Crippen LogP contribution in [0.1, 0.15) is 15.9 Å². The number of carbonyl (C=O) groups is 2. The number of carboxylic acids is 1. The number of hydrogen-bond acceptors (Lipinski definition) is 3. The van der Waals surface area contributed by atoms with E-state index in [2.05, 4.69) is 5.32 Å². The van der Waals surface area contributed by atoms with Crippen LogP contribution in [0.2, 0.25) is 0 Å². The molecule has 3 rings (SSSR count). The number of amides is 1. The fourth-order valence-corrected chi connectivity index (χ4v) is 2.62. The van der Waals surface area contributed by atoms with Crippen LogP contribution in [0.15, 0.2) is 72.8 Å². The Morgan fingerprint density at radius 3 is 2.35 bits per heavy atom. The Morgan fingerprint density at radius 1 is 0.923 bits per heavy atom. The van der Waals surface area contributed by atoms with Gasteiger partial charge in [0, 0.05) is 5.56 Å². The lowest BCUT2D eigenvalue weighted by Gasteiger charge is -2.15. The first-order chi connectivity index (χ1) is 12.6. The molecule has 5 heteroatoms. The number of ether oxygens (including phenoxy) is 1. The van der Waals surface area contributed by atoms with E-state index in [1.807, 2.05) is 60.7 Å². The SMILES string of the molecule is O=C(N[C@H](COCc1ccccc1)C(=O)O)c1ccc2ccccc2c1. The molecule has 0 unspecified atom stereocenters. The molecule has 0 fully saturated rings. The number of rotatable bonds is 7. The van der Waals surface area contributed by atoms with Gasteiger partial charge in [-0.1, -0.05) is 60.7 Å². The molecule has 0 saturated carbocycles. The number of carboxylic acid groups (broad SMARTS) is 1. The van der Waals surface area contributed by atoms with Gasteiger partial charge >= 0.3 is 5.97 Å². The fraction of sp³-hybridized carbons (Fsp3) is 0.143. The smallest absolute Gasteiger partial charge is 0.328 e. The molecule has 0 bridgehead atoms. The van der Waals surface area contributed by atoms with Gasteiger partial charge in [0.1, 0.15) is 0 Å². The normalized spacial score (nSPS) is 11.8. The third-order valence-electron chi connectivity index (χ3n) is 4.01. The molecule has 0 spiro atoms. The summed E-state index contributed by atoms with van der Waals surface area (Å²) < 4.78 is 5.45. The third kappa shape index (κ3) is 4.46. The van der Waals surface area contributed by atoms with Crippen LogP contribution in [0, 0.1) is 0 Å². The van der Waals surface area contributed by atoms with Gasteiger partial charge in [0.2, 0.25) is 0 Å². The van der Waals surface area contributed by atoms with E-state index in [0.29, 0.717) is 5.56 Å². The topological polar surface area (TPSA) is 75.6 Å². The molecule has 2 N–H and O–H groups in total. The second kappa shape index (κ2) is 8.27. The van der Waals surface area contributed by atoms with Crippen LogP contribution in [0.5, 0.6) is 0 Å². The van der Waals surface area contributed by atoms with Crippen molar-refractivity contribution < 1.29 is 19.4 Å². The molecule has 0 aliphatic carbocycles. The maximum Gasteiger partial charge on any atom is 0.328 e. The first-order valence-electron chi connectivity index (χ1n) is 8.27. The van der Waals surface area contributed by atoms with E-state index in [4.69, 9.17) is 4.74 Å². The van der Waals surface area contributed by atoms with Gasteiger partial charge in [-0.15, -0.1) is 0 Å². The summed E-state index contributed by atoms with van der Waals surface area (Å²) in [5.41, 5.74) is 1.36. The van der Waals surface area contributed by atoms with Crippen molar-refractivity contribution in [2.45, 2.75) is 12.6 Å². The maximum atomic E-state index is 12.4. The molecule has 0 aliphatic rings. The van der Waals surface area contributed by atoms with E-state index < -0.39 is 17.9 Å². The summed E-state index contributed by atoms with van der Waals surface area (Å²) in [6.45, 7) is 0.181. The van der Waals surface area contributed by atoms with Gasteiger partial charge in [0.15, 0.2) is 6.04 Å². The van der Waals surface area contributed by atoms with Crippen LogP contribution >= 0.6 is 0 Å². The van der Waals surface area contributed by atoms with E-state index >= 15 is 0 Å². The highest BCUT2D eigenvalue weighted by Gasteiger charge is 2.21. The molecule has 26 heavy (non-hydrogen) atoms. The Bertz CT molecular complexity index is 908. The van der Waals surface area contributed by atoms with Crippen LogP contribution in [-0.2, 0) is 16.1 Å². The van der Waals surface area contributed by atoms with Gasteiger partial charge in [0.05, 0.1) is 13.2 Å². The minimum absolute atomic E-state index is 0.108. The zero-order chi connectivity index (χ0) is 18.4. The molecule has 0 saturated heterocycles. The van der Waals surface area contributed by atoms with Crippen molar-refractivity contribution >= 4 is 22.6 Å². The Labute approximate surface area is 151 Å². The van der Waals surface area contributed by atoms with E-state index in [1.54, 1.807) is 12.1 Å². The van der Waals surface area contributed by atoms with Crippen molar-refractivity contribution in [2.75, 3.05) is 6.61 Å². The molecule has 1 atom stereocenters. The molecule has 3 aromatic rings. The Balaban J connectivity index is 1.62. The highest BCUT2D eigenvalue weighted by molar-refractivity contribution is 6.00. The van der Waals surface area contributed by atoms with Crippen LogP contribution in [0.4, 0.5) is 0 Å². The molecule has 3 aromatic carbocycles. The van der Waals surface area contributed by atoms with E-state index in [-0.39, 0.29) is 13.2 Å². The molecule has 5 nitrogen and oxygen atoms in total. The van der Waals surface area contributed by atoms with Crippen molar-refractivity contribution in [3.05, 3.63) is 83.9 Å². The number of carbonyl (C=O) groups excluding carboxylic acids is 1. The van der Waals surface area contributed by atoms with Crippen LogP contribution in [0.3, 0.4) is 0 Å². The van der Waals surface area contributed by atoms with Crippen LogP contribution in [-0.4, -0.2) is 29.6 Å². The van der Waals surface area contributed by atoms with Crippen LogP contribution < -0.4 is 5.32 Å². The molecule has 0 aliphatic heterocycles. The molecule has 132 valence electrons. The second-order valence-corrected chi connectivity index (χ2v) is 5.93. The highest BCUT2D eigenvalue weighted by atomic mass is 16.5. The maximum absolute atomic E-state index is 12.4. The number of nitrogens with one attached hydrogen (secondary N) is 1. The summed E-state index contributed by atoms with van der Waals surface area (Å²) >= 11 is 0. The summed E-state index contributed by atoms with van der Waals surface area (Å²) in [4.78, 5) is 23.8. The van der Waals surface area contributed by atoms with Crippen molar-refractivity contribution in [3.63, 3.8) is 0 Å². The summed E-state index contributed by atoms with van der Waals surface area (Å²) in [6, 6.07) is 21.3. The largest absolute Gasteiger partial charge is 0.480 e. The molecular formula is C21H19NO4. The number of hydrogen-bond donors (Lipinski definition) is 2. The van der Waals surface area contributed by atoms with Crippen molar-refractivity contribution in [1.29, 1.82) is 0 Å². The predicted octanol–water partition coefficient (Wildman–Crippen LogP) is 3.24. The standard InChI is InChI=1S/C21H19NO4/c23-20(18-11-10-16-8-4-5-9-17(16)12-18)22-19(21(24)25)14-26-13-15-6-2-1-3-7-15/h1-12,19H,13-14H2,(H,22,23)(H,24,25)/t19-/m1/s1. The van der Waals surface area contributed by atoms with Gasteiger partial charge in [0.25, 0.3) is 5.91 Å². The summed E-state index contributed by atoms with van der Waals surface area (Å²) in [6.07, 6.45) is 0. The first-order valence-corrected chi connectivity index (χ1v) is 8.27. The molecule has 0 radical (unpaired) electrons. The molecule has 1 amide bonds. The lowest BCUT2D eigenvalue weighted by Crippen LogP contribution is -2.44. The van der Waals surface area contributed by atoms with Gasteiger partial charge in [-0.2, -0.15) is 0 Å². The number of aliphatic carboxylic acids is 1. The van der Waals surface area contributed by atoms with Gasteiger partial charge in [-0.3, -0.25) is 4.79 Å². The summed E-state index contributed by atoms with van der Waals surface area (Å²) in [5, 5.41) is 13.8. The fourth-order valence-electron chi connectivity index (χ4n) is 2.62. The van der Waals surface area contributed by atoms with Gasteiger partial charge in [-0.05, 0) is 28.5 Å². The first kappa shape index (κ1) is 17.6. The van der Waals surface area contributed by atoms with E-state index in [9.17, 15) is 14.7 Å². The summed E-state index contributed by atoms with van der Waals surface area (Å²) in [5.74, 6) is -1.57. The third-order valence-corrected chi connectivity index (χ3v) is 4.01. The molecular weight excluding hydrogens is 330 g/mol. The average molecular weight is 349 g/mol. The minimum Gasteiger partial charge on any atom is -0.480 e. The molecule has 0 aromatic heterocycles. The van der Waals surface area contributed by atoms with Gasteiger partial charge < -0.3 is 15.2 Å². The minimum atomic E-state index is -1.13. The monoisotopic (exact) mass is 349 g/mol. The van der Waals surface area contributed by atoms with Gasteiger partial charge in [-0.25, -0.2) is 4.79 Å². The zero-order valence-electron chi connectivity index (χ0n) is 14.1. The van der Waals surface area contributed by atoms with Crippen molar-refractivity contribution in [1.82, 2.24) is 5.32 Å². The lowest BCUT2D eigenvalue weighted by molar-refractivity contribution is -0.141. The van der Waals surface area contributed by atoms with E-state index in [1.165, 1.54) is 0 Å². The van der Waals surface area contributed by atoms with E-state index in [0.717, 1.165) is 16.3 Å². The Kier molecular flexibility index (Phi) is 5.61. The Hall–Kier alpha value is -3.18. The number of fused-ring (bicyclic) bond motifs is 1. The average Bonchev–Trinajstić information content (AvgIpc) is 2.67. The number of benzene rings is 3. The summed E-state index contributed by atoms with van der Waals surface area (Å²) in [7, 11) is 0. The quantitative estimate of drug-likeness (QED) is 0.687. The van der Waals surface area contributed by atoms with Crippen LogP contribution in [0.25, 0.3) is 10.8 Å². The zero-order valence-corrected chi connectivity index (χ0v) is 14.1. The molecule has 0 heterocycles. The Morgan fingerprint density at radius 2 is 1.62 bits per heavy atom.